The molecule has 0 N–H and O–H groups in total. The normalized spacial score (nSPS) is 10.3. The van der Waals surface area contributed by atoms with Crippen LogP contribution in [-0.2, 0) is 0 Å². The van der Waals surface area contributed by atoms with E-state index in [2.05, 4.69) is 26.1 Å². The van der Waals surface area contributed by atoms with Gasteiger partial charge in [-0.05, 0) is 34.1 Å². The lowest BCUT2D eigenvalue weighted by molar-refractivity contribution is 1.06. The van der Waals surface area contributed by atoms with Gasteiger partial charge in [-0.15, -0.1) is 10.2 Å². The molecule has 66 valence electrons. The topological polar surface area (TPSA) is 30.7 Å². The standard InChI is InChI=1S/C8H5BrClN3/c9-7-2-1-6(3-8(7)10)13-4-11-12-5-13/h1-5H. The summed E-state index contributed by atoms with van der Waals surface area (Å²) in [4.78, 5) is 0. The quantitative estimate of drug-likeness (QED) is 0.787. The second-order valence-electron chi connectivity index (χ2n) is 2.47. The molecule has 0 atom stereocenters. The molecule has 2 aromatic rings. The first-order chi connectivity index (χ1) is 6.27. The smallest absolute Gasteiger partial charge is 0.123 e. The fourth-order valence-corrected chi connectivity index (χ4v) is 1.40. The van der Waals surface area contributed by atoms with Gasteiger partial charge < -0.3 is 0 Å². The molecule has 13 heavy (non-hydrogen) atoms. The van der Waals surface area contributed by atoms with E-state index < -0.39 is 0 Å². The lowest BCUT2D eigenvalue weighted by Crippen LogP contribution is -1.89. The largest absolute Gasteiger partial charge is 0.288 e. The van der Waals surface area contributed by atoms with Gasteiger partial charge in [-0.1, -0.05) is 11.6 Å². The van der Waals surface area contributed by atoms with Crippen molar-refractivity contribution in [1.29, 1.82) is 0 Å². The van der Waals surface area contributed by atoms with E-state index in [1.165, 1.54) is 0 Å². The highest BCUT2D eigenvalue weighted by molar-refractivity contribution is 9.10. The van der Waals surface area contributed by atoms with Gasteiger partial charge in [0.15, 0.2) is 0 Å². The molecule has 3 nitrogen and oxygen atoms in total. The van der Waals surface area contributed by atoms with Gasteiger partial charge in [0.1, 0.15) is 12.7 Å². The summed E-state index contributed by atoms with van der Waals surface area (Å²) in [5.74, 6) is 0. The first-order valence-electron chi connectivity index (χ1n) is 3.57. The van der Waals surface area contributed by atoms with E-state index >= 15 is 0 Å². The van der Waals surface area contributed by atoms with Crippen LogP contribution in [0.25, 0.3) is 5.69 Å². The van der Waals surface area contributed by atoms with E-state index in [0.717, 1.165) is 10.2 Å². The number of halogens is 2. The fraction of sp³-hybridized carbons (Fsp3) is 0. The molecule has 0 bridgehead atoms. The predicted molar refractivity (Wildman–Crippen MR) is 54.1 cm³/mol. The lowest BCUT2D eigenvalue weighted by Gasteiger charge is -2.02. The number of rotatable bonds is 1. The molecule has 0 aliphatic carbocycles. The van der Waals surface area contributed by atoms with E-state index in [-0.39, 0.29) is 0 Å². The maximum Gasteiger partial charge on any atom is 0.123 e. The van der Waals surface area contributed by atoms with Crippen LogP contribution in [0, 0.1) is 0 Å². The Labute approximate surface area is 88.5 Å². The molecule has 0 aliphatic rings. The summed E-state index contributed by atoms with van der Waals surface area (Å²) in [6.07, 6.45) is 3.25. The molecule has 1 aromatic carbocycles. The Morgan fingerprint density at radius 2 is 1.92 bits per heavy atom. The molecular weight excluding hydrogens is 253 g/mol. The van der Waals surface area contributed by atoms with Crippen LogP contribution in [0.5, 0.6) is 0 Å². The van der Waals surface area contributed by atoms with Gasteiger partial charge in [0.25, 0.3) is 0 Å². The van der Waals surface area contributed by atoms with Crippen LogP contribution in [0.4, 0.5) is 0 Å². The Kier molecular flexibility index (Phi) is 2.33. The minimum atomic E-state index is 0.672. The van der Waals surface area contributed by atoms with Gasteiger partial charge in [0, 0.05) is 10.2 Å². The molecule has 0 saturated carbocycles. The Balaban J connectivity index is 2.49. The third-order valence-electron chi connectivity index (χ3n) is 1.62. The molecule has 0 fully saturated rings. The molecular formula is C8H5BrClN3. The van der Waals surface area contributed by atoms with Crippen molar-refractivity contribution in [3.8, 4) is 5.69 Å². The van der Waals surface area contributed by atoms with Crippen LogP contribution < -0.4 is 0 Å². The summed E-state index contributed by atoms with van der Waals surface area (Å²) < 4.78 is 2.67. The zero-order valence-electron chi connectivity index (χ0n) is 6.48. The Hall–Kier alpha value is -0.870. The van der Waals surface area contributed by atoms with Gasteiger partial charge in [0.2, 0.25) is 0 Å². The zero-order valence-corrected chi connectivity index (χ0v) is 8.83. The van der Waals surface area contributed by atoms with Crippen molar-refractivity contribution >= 4 is 27.5 Å². The summed E-state index contributed by atoms with van der Waals surface area (Å²) in [5.41, 5.74) is 0.943. The maximum absolute atomic E-state index is 5.93. The molecule has 0 aliphatic heterocycles. The van der Waals surface area contributed by atoms with Crippen LogP contribution in [0.3, 0.4) is 0 Å². The molecule has 0 unspecified atom stereocenters. The number of aromatic nitrogens is 3. The SMILES string of the molecule is Clc1cc(-n2cnnc2)ccc1Br. The number of hydrogen-bond acceptors (Lipinski definition) is 2. The molecule has 2 rings (SSSR count). The average molecular weight is 259 g/mol. The number of nitrogens with zero attached hydrogens (tertiary/aromatic N) is 3. The summed E-state index contributed by atoms with van der Waals surface area (Å²) in [6.45, 7) is 0. The highest BCUT2D eigenvalue weighted by Gasteiger charge is 2.00. The van der Waals surface area contributed by atoms with Crippen LogP contribution in [0.2, 0.25) is 5.02 Å². The molecule has 0 amide bonds. The third-order valence-corrected chi connectivity index (χ3v) is 2.85. The monoisotopic (exact) mass is 257 g/mol. The summed E-state index contributed by atoms with van der Waals surface area (Å²) >= 11 is 9.25. The molecule has 1 heterocycles. The predicted octanol–water partition coefficient (Wildman–Crippen LogP) is 2.68. The van der Waals surface area contributed by atoms with Gasteiger partial charge >= 0.3 is 0 Å². The second-order valence-corrected chi connectivity index (χ2v) is 3.73. The summed E-state index contributed by atoms with van der Waals surface area (Å²) in [5, 5.41) is 8.09. The minimum absolute atomic E-state index is 0.672. The molecule has 0 radical (unpaired) electrons. The molecule has 5 heteroatoms. The Morgan fingerprint density at radius 3 is 2.54 bits per heavy atom. The van der Waals surface area contributed by atoms with Crippen molar-refractivity contribution in [1.82, 2.24) is 14.8 Å². The average Bonchev–Trinajstić information content (AvgIpc) is 2.62. The van der Waals surface area contributed by atoms with Crippen molar-refractivity contribution in [3.63, 3.8) is 0 Å². The fourth-order valence-electron chi connectivity index (χ4n) is 0.980. The van der Waals surface area contributed by atoms with Gasteiger partial charge in [-0.3, -0.25) is 4.57 Å². The number of hydrogen-bond donors (Lipinski definition) is 0. The van der Waals surface area contributed by atoms with E-state index in [4.69, 9.17) is 11.6 Å². The van der Waals surface area contributed by atoms with Crippen molar-refractivity contribution in [2.45, 2.75) is 0 Å². The van der Waals surface area contributed by atoms with Crippen LogP contribution in [0.1, 0.15) is 0 Å². The zero-order chi connectivity index (χ0) is 9.26. The van der Waals surface area contributed by atoms with Crippen LogP contribution in [0.15, 0.2) is 35.3 Å². The van der Waals surface area contributed by atoms with E-state index in [1.807, 2.05) is 18.2 Å². The Morgan fingerprint density at radius 1 is 1.23 bits per heavy atom. The lowest BCUT2D eigenvalue weighted by atomic mass is 10.3. The third kappa shape index (κ3) is 1.73. The van der Waals surface area contributed by atoms with Crippen LogP contribution in [-0.4, -0.2) is 14.8 Å². The van der Waals surface area contributed by atoms with Gasteiger partial charge in [-0.2, -0.15) is 0 Å². The van der Waals surface area contributed by atoms with E-state index in [1.54, 1.807) is 17.2 Å². The second kappa shape index (κ2) is 3.47. The van der Waals surface area contributed by atoms with Crippen molar-refractivity contribution in [3.05, 3.63) is 40.3 Å². The molecule has 0 spiro atoms. The highest BCUT2D eigenvalue weighted by atomic mass is 79.9. The van der Waals surface area contributed by atoms with Crippen molar-refractivity contribution in [2.75, 3.05) is 0 Å². The van der Waals surface area contributed by atoms with E-state index in [9.17, 15) is 0 Å². The Bertz CT molecular complexity index is 413. The highest BCUT2D eigenvalue weighted by Crippen LogP contribution is 2.24. The van der Waals surface area contributed by atoms with Crippen LogP contribution >= 0.6 is 27.5 Å². The molecule has 1 aromatic heterocycles. The van der Waals surface area contributed by atoms with Gasteiger partial charge in [-0.25, -0.2) is 0 Å². The first kappa shape index (κ1) is 8.72. The van der Waals surface area contributed by atoms with Gasteiger partial charge in [0.05, 0.1) is 5.02 Å². The van der Waals surface area contributed by atoms with Crippen molar-refractivity contribution in [2.24, 2.45) is 0 Å². The molecule has 0 saturated heterocycles. The first-order valence-corrected chi connectivity index (χ1v) is 4.74. The van der Waals surface area contributed by atoms with Crippen molar-refractivity contribution < 1.29 is 0 Å². The summed E-state index contributed by atoms with van der Waals surface area (Å²) in [7, 11) is 0. The number of benzene rings is 1. The maximum atomic E-state index is 5.93. The van der Waals surface area contributed by atoms with E-state index in [0.29, 0.717) is 5.02 Å². The summed E-state index contributed by atoms with van der Waals surface area (Å²) in [6, 6.07) is 5.66. The minimum Gasteiger partial charge on any atom is -0.288 e.